The van der Waals surface area contributed by atoms with E-state index in [4.69, 9.17) is 4.74 Å². The maximum Gasteiger partial charge on any atom is 0.136 e. The van der Waals surface area contributed by atoms with Crippen molar-refractivity contribution in [1.29, 1.82) is 0 Å². The highest BCUT2D eigenvalue weighted by molar-refractivity contribution is 5.60. The molecule has 5 nitrogen and oxygen atoms in total. The van der Waals surface area contributed by atoms with Gasteiger partial charge in [-0.05, 0) is 42.3 Å². The fourth-order valence-corrected chi connectivity index (χ4v) is 3.03. The second kappa shape index (κ2) is 9.56. The number of aromatic nitrogens is 2. The highest BCUT2D eigenvalue weighted by Gasteiger charge is 2.04. The SMILES string of the molecule is Cc1nc(NCc2ccccc2)cc(Nc2ccc(OCc3ccccc3)cc2)n1. The lowest BCUT2D eigenvalue weighted by molar-refractivity contribution is 0.306. The molecule has 0 aliphatic rings. The Labute approximate surface area is 176 Å². The first-order valence-corrected chi connectivity index (χ1v) is 9.92. The van der Waals surface area contributed by atoms with Crippen LogP contribution in [0.25, 0.3) is 0 Å². The van der Waals surface area contributed by atoms with Gasteiger partial charge in [0.1, 0.15) is 29.8 Å². The fourth-order valence-electron chi connectivity index (χ4n) is 3.03. The van der Waals surface area contributed by atoms with Crippen LogP contribution in [-0.2, 0) is 13.2 Å². The van der Waals surface area contributed by atoms with Gasteiger partial charge in [-0.1, -0.05) is 60.7 Å². The van der Waals surface area contributed by atoms with Crippen LogP contribution in [0.2, 0.25) is 0 Å². The van der Waals surface area contributed by atoms with Crippen molar-refractivity contribution in [3.63, 3.8) is 0 Å². The molecule has 3 aromatic carbocycles. The molecule has 0 unspecified atom stereocenters. The van der Waals surface area contributed by atoms with E-state index in [-0.39, 0.29) is 0 Å². The average Bonchev–Trinajstić information content (AvgIpc) is 2.78. The van der Waals surface area contributed by atoms with Gasteiger partial charge in [-0.25, -0.2) is 9.97 Å². The predicted molar refractivity (Wildman–Crippen MR) is 121 cm³/mol. The summed E-state index contributed by atoms with van der Waals surface area (Å²) in [5.74, 6) is 3.07. The quantitative estimate of drug-likeness (QED) is 0.399. The first kappa shape index (κ1) is 19.5. The van der Waals surface area contributed by atoms with Crippen LogP contribution < -0.4 is 15.4 Å². The molecule has 0 saturated heterocycles. The van der Waals surface area contributed by atoms with Crippen LogP contribution in [0.3, 0.4) is 0 Å². The zero-order valence-corrected chi connectivity index (χ0v) is 16.9. The number of ether oxygens (including phenoxy) is 1. The van der Waals surface area contributed by atoms with E-state index in [2.05, 4.69) is 44.9 Å². The molecule has 150 valence electrons. The molecule has 0 atom stereocenters. The number of anilines is 3. The molecule has 0 amide bonds. The molecule has 1 aromatic heterocycles. The molecular weight excluding hydrogens is 372 g/mol. The third kappa shape index (κ3) is 5.58. The Morgan fingerprint density at radius 1 is 0.733 bits per heavy atom. The summed E-state index contributed by atoms with van der Waals surface area (Å²) >= 11 is 0. The highest BCUT2D eigenvalue weighted by atomic mass is 16.5. The summed E-state index contributed by atoms with van der Waals surface area (Å²) in [6, 6.07) is 30.2. The first-order chi connectivity index (χ1) is 14.7. The van der Waals surface area contributed by atoms with Crippen LogP contribution in [0.15, 0.2) is 91.0 Å². The summed E-state index contributed by atoms with van der Waals surface area (Å²) in [5.41, 5.74) is 3.29. The van der Waals surface area contributed by atoms with Crippen LogP contribution in [0.4, 0.5) is 17.3 Å². The van der Waals surface area contributed by atoms with E-state index in [1.54, 1.807) is 0 Å². The predicted octanol–water partition coefficient (Wildman–Crippen LogP) is 5.72. The van der Waals surface area contributed by atoms with Crippen LogP contribution in [-0.4, -0.2) is 9.97 Å². The molecule has 1 heterocycles. The fraction of sp³-hybridized carbons (Fsp3) is 0.120. The van der Waals surface area contributed by atoms with Crippen LogP contribution in [0.1, 0.15) is 17.0 Å². The van der Waals surface area contributed by atoms with Crippen LogP contribution in [0.5, 0.6) is 5.75 Å². The van der Waals surface area contributed by atoms with Gasteiger partial charge in [0, 0.05) is 18.3 Å². The van der Waals surface area contributed by atoms with Crippen molar-refractivity contribution in [3.8, 4) is 5.75 Å². The monoisotopic (exact) mass is 396 g/mol. The molecule has 2 N–H and O–H groups in total. The lowest BCUT2D eigenvalue weighted by Crippen LogP contribution is -2.05. The number of hydrogen-bond acceptors (Lipinski definition) is 5. The number of hydrogen-bond donors (Lipinski definition) is 2. The average molecular weight is 396 g/mol. The summed E-state index contributed by atoms with van der Waals surface area (Å²) in [6.07, 6.45) is 0. The van der Waals surface area contributed by atoms with Gasteiger partial charge >= 0.3 is 0 Å². The highest BCUT2D eigenvalue weighted by Crippen LogP contribution is 2.21. The molecular formula is C25H24N4O. The zero-order valence-electron chi connectivity index (χ0n) is 16.9. The van der Waals surface area contributed by atoms with Crippen molar-refractivity contribution < 1.29 is 4.74 Å². The number of nitrogens with one attached hydrogen (secondary N) is 2. The minimum Gasteiger partial charge on any atom is -0.489 e. The van der Waals surface area contributed by atoms with E-state index < -0.39 is 0 Å². The number of rotatable bonds is 8. The minimum absolute atomic E-state index is 0.551. The van der Waals surface area contributed by atoms with Gasteiger partial charge < -0.3 is 15.4 Å². The smallest absolute Gasteiger partial charge is 0.136 e. The van der Waals surface area contributed by atoms with Crippen molar-refractivity contribution in [2.24, 2.45) is 0 Å². The molecule has 0 aliphatic heterocycles. The van der Waals surface area contributed by atoms with Gasteiger partial charge in [0.15, 0.2) is 0 Å². The van der Waals surface area contributed by atoms with Gasteiger partial charge in [-0.3, -0.25) is 0 Å². The van der Waals surface area contributed by atoms with E-state index in [9.17, 15) is 0 Å². The molecule has 5 heteroatoms. The van der Waals surface area contributed by atoms with Crippen molar-refractivity contribution in [2.45, 2.75) is 20.1 Å². The normalized spacial score (nSPS) is 10.4. The molecule has 30 heavy (non-hydrogen) atoms. The topological polar surface area (TPSA) is 59.1 Å². The van der Waals surface area contributed by atoms with E-state index in [1.807, 2.05) is 73.7 Å². The molecule has 0 aliphatic carbocycles. The molecule has 0 bridgehead atoms. The molecule has 0 spiro atoms. The summed E-state index contributed by atoms with van der Waals surface area (Å²) < 4.78 is 5.85. The second-order valence-electron chi connectivity index (χ2n) is 6.95. The molecule has 0 fully saturated rings. The Bertz CT molecular complexity index is 1070. The summed E-state index contributed by atoms with van der Waals surface area (Å²) in [7, 11) is 0. The minimum atomic E-state index is 0.551. The maximum atomic E-state index is 5.85. The number of aryl methyl sites for hydroxylation is 1. The molecule has 4 rings (SSSR count). The van der Waals surface area contributed by atoms with E-state index in [1.165, 1.54) is 5.56 Å². The first-order valence-electron chi connectivity index (χ1n) is 9.92. The standard InChI is InChI=1S/C25H24N4O/c1-19-27-24(26-17-20-8-4-2-5-9-20)16-25(28-19)29-22-12-14-23(15-13-22)30-18-21-10-6-3-7-11-21/h2-16H,17-18H2,1H3,(H2,26,27,28,29). The summed E-state index contributed by atoms with van der Waals surface area (Å²) in [4.78, 5) is 8.96. The second-order valence-corrected chi connectivity index (χ2v) is 6.95. The Morgan fingerprint density at radius 2 is 1.37 bits per heavy atom. The third-order valence-corrected chi connectivity index (χ3v) is 4.53. The van der Waals surface area contributed by atoms with Crippen LogP contribution >= 0.6 is 0 Å². The molecule has 0 radical (unpaired) electrons. The molecule has 4 aromatic rings. The molecule has 0 saturated carbocycles. The van der Waals surface area contributed by atoms with Gasteiger partial charge in [-0.15, -0.1) is 0 Å². The largest absolute Gasteiger partial charge is 0.489 e. The van der Waals surface area contributed by atoms with Gasteiger partial charge in [0.25, 0.3) is 0 Å². The van der Waals surface area contributed by atoms with Crippen molar-refractivity contribution in [3.05, 3.63) is 108 Å². The van der Waals surface area contributed by atoms with E-state index in [0.29, 0.717) is 19.0 Å². The summed E-state index contributed by atoms with van der Waals surface area (Å²) in [6.45, 7) is 3.15. The van der Waals surface area contributed by atoms with Gasteiger partial charge in [-0.2, -0.15) is 0 Å². The van der Waals surface area contributed by atoms with Gasteiger partial charge in [0.2, 0.25) is 0 Å². The van der Waals surface area contributed by atoms with Gasteiger partial charge in [0.05, 0.1) is 0 Å². The Balaban J connectivity index is 1.37. The van der Waals surface area contributed by atoms with Crippen LogP contribution in [0, 0.1) is 6.92 Å². The number of benzene rings is 3. The Kier molecular flexibility index (Phi) is 6.20. The lowest BCUT2D eigenvalue weighted by atomic mass is 10.2. The summed E-state index contributed by atoms with van der Waals surface area (Å²) in [5, 5.41) is 6.70. The van der Waals surface area contributed by atoms with Crippen molar-refractivity contribution in [1.82, 2.24) is 9.97 Å². The Morgan fingerprint density at radius 3 is 2.07 bits per heavy atom. The lowest BCUT2D eigenvalue weighted by Gasteiger charge is -2.11. The third-order valence-electron chi connectivity index (χ3n) is 4.53. The van der Waals surface area contributed by atoms with E-state index >= 15 is 0 Å². The van der Waals surface area contributed by atoms with E-state index in [0.717, 1.165) is 28.6 Å². The maximum absolute atomic E-state index is 5.85. The number of nitrogens with zero attached hydrogens (tertiary/aromatic N) is 2. The Hall–Kier alpha value is -3.86. The zero-order chi connectivity index (χ0) is 20.6. The van der Waals surface area contributed by atoms with Crippen molar-refractivity contribution >= 4 is 17.3 Å². The van der Waals surface area contributed by atoms with Crippen molar-refractivity contribution in [2.75, 3.05) is 10.6 Å².